The Bertz CT molecular complexity index is 1690. The van der Waals surface area contributed by atoms with Crippen LogP contribution in [0.5, 0.6) is 0 Å². The van der Waals surface area contributed by atoms with E-state index >= 15 is 0 Å². The van der Waals surface area contributed by atoms with Crippen LogP contribution >= 0.6 is 7.82 Å². The zero-order valence-electron chi connectivity index (χ0n) is 27.3. The number of phosphoric acid groups is 1. The van der Waals surface area contributed by atoms with Crippen LogP contribution < -0.4 is 22.1 Å². The van der Waals surface area contributed by atoms with Gasteiger partial charge in [-0.05, 0) is 11.6 Å². The molecule has 0 spiro atoms. The molecule has 2 aromatic rings. The van der Waals surface area contributed by atoms with Crippen LogP contribution in [0, 0.1) is 0 Å². The van der Waals surface area contributed by atoms with Gasteiger partial charge in [0.15, 0.2) is 6.23 Å². The Morgan fingerprint density at radius 3 is 2.47 bits per heavy atom. The minimum Gasteiger partial charge on any atom is -0.477 e. The van der Waals surface area contributed by atoms with E-state index in [1.54, 1.807) is 30.3 Å². The number of alkyl carbamates (subject to hydrolysis) is 1. The highest BCUT2D eigenvalue weighted by atomic mass is 31.2. The number of nitrogens with zero attached hydrogens (tertiary/aromatic N) is 2. The predicted octanol–water partition coefficient (Wildman–Crippen LogP) is -4.43. The number of amides is 2. The molecule has 0 saturated carbocycles. The molecule has 11 atom stereocenters. The van der Waals surface area contributed by atoms with Crippen molar-refractivity contribution in [1.29, 1.82) is 0 Å². The third-order valence-corrected chi connectivity index (χ3v) is 8.62. The molecular formula is C28H38N5O19P. The molecule has 1 aromatic heterocycles. The molecule has 2 aliphatic heterocycles. The van der Waals surface area contributed by atoms with Crippen molar-refractivity contribution in [2.75, 3.05) is 25.5 Å². The first-order valence-electron chi connectivity index (χ1n) is 15.5. The highest BCUT2D eigenvalue weighted by Gasteiger charge is 2.58. The van der Waals surface area contributed by atoms with E-state index in [2.05, 4.69) is 25.2 Å². The van der Waals surface area contributed by atoms with Crippen LogP contribution in [0.3, 0.4) is 0 Å². The Labute approximate surface area is 297 Å². The summed E-state index contributed by atoms with van der Waals surface area (Å²) >= 11 is 0. The lowest BCUT2D eigenvalue weighted by Crippen LogP contribution is -2.68. The van der Waals surface area contributed by atoms with Crippen molar-refractivity contribution in [3.05, 3.63) is 58.6 Å². The molecule has 24 nitrogen and oxygen atoms in total. The summed E-state index contributed by atoms with van der Waals surface area (Å²) in [6, 6.07) is 7.95. The van der Waals surface area contributed by atoms with Crippen LogP contribution in [-0.2, 0) is 49.1 Å². The van der Waals surface area contributed by atoms with Crippen molar-refractivity contribution >= 4 is 31.6 Å². The minimum absolute atomic E-state index is 0.132. The maximum absolute atomic E-state index is 12.7. The number of carbonyl (C=O) groups is 3. The van der Waals surface area contributed by atoms with Crippen molar-refractivity contribution in [3.63, 3.8) is 0 Å². The summed E-state index contributed by atoms with van der Waals surface area (Å²) in [4.78, 5) is 67.6. The van der Waals surface area contributed by atoms with Gasteiger partial charge in [0, 0.05) is 12.6 Å². The number of carbonyl (C=O) groups excluding carboxylic acids is 2. The number of phosphoric ester groups is 1. The summed E-state index contributed by atoms with van der Waals surface area (Å²) in [5.74, 6) is -6.55. The largest absolute Gasteiger partial charge is 0.499 e. The number of hydrogen-bond acceptors (Lipinski definition) is 19. The smallest absolute Gasteiger partial charge is 0.477 e. The summed E-state index contributed by atoms with van der Waals surface area (Å²) in [5.41, 5.74) is 5.11. The Morgan fingerprint density at radius 1 is 1.13 bits per heavy atom. The molecule has 3 heterocycles. The van der Waals surface area contributed by atoms with Crippen LogP contribution in [0.1, 0.15) is 18.2 Å². The summed E-state index contributed by atoms with van der Waals surface area (Å²) in [6.45, 7) is -3.05. The van der Waals surface area contributed by atoms with Gasteiger partial charge in [0.25, 0.3) is 0 Å². The number of nitrogens with two attached hydrogens (primary N) is 1. The van der Waals surface area contributed by atoms with Crippen molar-refractivity contribution in [2.24, 2.45) is 0 Å². The molecule has 2 unspecified atom stereocenters. The number of anilines is 1. The lowest BCUT2D eigenvalue weighted by atomic mass is 9.88. The summed E-state index contributed by atoms with van der Waals surface area (Å²) in [5, 5.41) is 76.1. The van der Waals surface area contributed by atoms with Crippen molar-refractivity contribution in [2.45, 2.75) is 73.8 Å². The van der Waals surface area contributed by atoms with Gasteiger partial charge in [0.05, 0.1) is 25.4 Å². The number of benzene rings is 1. The van der Waals surface area contributed by atoms with Gasteiger partial charge in [0.2, 0.25) is 5.91 Å². The average Bonchev–Trinajstić information content (AvgIpc) is 3.40. The monoisotopic (exact) mass is 779 g/mol. The predicted molar refractivity (Wildman–Crippen MR) is 168 cm³/mol. The van der Waals surface area contributed by atoms with Gasteiger partial charge in [-0.2, -0.15) is 9.87 Å². The Morgan fingerprint density at radius 2 is 1.83 bits per heavy atom. The quantitative estimate of drug-likeness (QED) is 0.0435. The number of aliphatic hydroxyl groups is 6. The Kier molecular flexibility index (Phi) is 14.0. The van der Waals surface area contributed by atoms with Gasteiger partial charge in [-0.25, -0.2) is 18.9 Å². The Balaban J connectivity index is 1.39. The number of carboxylic acids is 1. The fourth-order valence-electron chi connectivity index (χ4n) is 5.15. The number of nitrogens with one attached hydrogen (secondary N) is 2. The third-order valence-electron chi connectivity index (χ3n) is 7.88. The molecule has 294 valence electrons. The van der Waals surface area contributed by atoms with Crippen molar-refractivity contribution in [3.8, 4) is 0 Å². The number of aliphatic carboxylic acids is 1. The van der Waals surface area contributed by atoms with Crippen LogP contribution in [0.2, 0.25) is 0 Å². The highest BCUT2D eigenvalue weighted by Crippen LogP contribution is 2.47. The van der Waals surface area contributed by atoms with Gasteiger partial charge in [-0.1, -0.05) is 30.3 Å². The zero-order chi connectivity index (χ0) is 39.1. The molecule has 2 amide bonds. The van der Waals surface area contributed by atoms with Crippen LogP contribution in [0.25, 0.3) is 0 Å². The van der Waals surface area contributed by atoms with E-state index in [-0.39, 0.29) is 12.4 Å². The van der Waals surface area contributed by atoms with E-state index in [1.165, 1.54) is 6.07 Å². The number of hydrogen-bond donors (Lipinski definition) is 11. The fraction of sp³-hybridized carbons (Fsp3) is 0.536. The van der Waals surface area contributed by atoms with E-state index in [9.17, 15) is 64.4 Å². The van der Waals surface area contributed by atoms with Gasteiger partial charge in [-0.3, -0.25) is 13.9 Å². The molecule has 2 saturated heterocycles. The molecule has 53 heavy (non-hydrogen) atoms. The molecule has 0 radical (unpaired) electrons. The fourth-order valence-corrected chi connectivity index (χ4v) is 5.75. The van der Waals surface area contributed by atoms with Crippen LogP contribution in [-0.4, -0.2) is 142 Å². The number of aliphatic hydroxyl groups excluding tert-OH is 6. The first kappa shape index (κ1) is 41.6. The minimum atomic E-state index is -5.51. The van der Waals surface area contributed by atoms with E-state index < -0.39 is 118 Å². The van der Waals surface area contributed by atoms with Crippen LogP contribution in [0.15, 0.2) is 47.4 Å². The number of carboxylic acid groups (broad SMARTS) is 1. The highest BCUT2D eigenvalue weighted by molar-refractivity contribution is 7.47. The molecule has 2 fully saturated rings. The maximum Gasteiger partial charge on any atom is 0.499 e. The standard InChI is InChI=1S/C28H38N5O19P/c29-17-6-7-33(26(43)31-17)24-22(40)21(39)16(49-24)12-48-53(45,46)52-51-28(25(41)42)8-14(35)19(23(50-28)20(38)15(36)10-34)32-18(37)9-30-27(44)47-11-13-4-2-1-3-5-13/h1-7,14-16,19-24,34-36,38-40H,8-12H2,(H,30,44)(H,32,37)(H,41,42)(H,45,46)(H2,29,31,43)/t14-,15-,16+,19-,20-,21+,22+,23?,24+,28-/m1/s1. The first-order valence-corrected chi connectivity index (χ1v) is 17.0. The Hall–Kier alpha value is -4.14. The van der Waals surface area contributed by atoms with E-state index in [0.29, 0.717) is 5.56 Å². The lowest BCUT2D eigenvalue weighted by molar-refractivity contribution is -0.408. The zero-order valence-corrected chi connectivity index (χ0v) is 28.2. The van der Waals surface area contributed by atoms with E-state index in [4.69, 9.17) is 24.5 Å². The average molecular weight is 780 g/mol. The topological polar surface area (TPSA) is 370 Å². The van der Waals surface area contributed by atoms with Gasteiger partial charge in [-0.15, -0.1) is 4.67 Å². The molecule has 4 rings (SSSR count). The lowest BCUT2D eigenvalue weighted by Gasteiger charge is -2.45. The van der Waals surface area contributed by atoms with Crippen LogP contribution in [0.4, 0.5) is 10.6 Å². The summed E-state index contributed by atoms with van der Waals surface area (Å²) < 4.78 is 38.2. The second-order valence-corrected chi connectivity index (χ2v) is 13.0. The summed E-state index contributed by atoms with van der Waals surface area (Å²) in [7, 11) is -5.51. The number of ether oxygens (including phenoxy) is 3. The molecular weight excluding hydrogens is 741 g/mol. The molecule has 0 bridgehead atoms. The van der Waals surface area contributed by atoms with Gasteiger partial charge in [0.1, 0.15) is 55.6 Å². The van der Waals surface area contributed by atoms with Gasteiger partial charge >= 0.3 is 31.4 Å². The normalized spacial score (nSPS) is 29.4. The third kappa shape index (κ3) is 10.5. The summed E-state index contributed by atoms with van der Waals surface area (Å²) in [6.07, 6.45) is -16.3. The number of rotatable bonds is 16. The molecule has 12 N–H and O–H groups in total. The SMILES string of the molecule is Nc1ccn([C@H]2O[C@@H](COP(=O)(O)OO[C@@]3(C(=O)O)C[C@@H](O)[C@@H](NC(=O)CNC(=O)OCc4ccccc4)C([C@H](O)[C@H](O)CO)O3)[C@H](O)[C@@H]2O)c(=O)n1. The molecule has 1 aromatic carbocycles. The first-order chi connectivity index (χ1) is 25.0. The molecule has 25 heteroatoms. The second kappa shape index (κ2) is 17.8. The van der Waals surface area contributed by atoms with Crippen molar-refractivity contribution in [1.82, 2.24) is 20.2 Å². The molecule has 2 aliphatic rings. The van der Waals surface area contributed by atoms with E-state index in [1.807, 2.05) is 0 Å². The number of nitrogen functional groups attached to an aromatic ring is 1. The van der Waals surface area contributed by atoms with Gasteiger partial charge < -0.3 is 71.2 Å². The van der Waals surface area contributed by atoms with E-state index in [0.717, 1.165) is 10.8 Å². The molecule has 0 aliphatic carbocycles. The van der Waals surface area contributed by atoms with Crippen molar-refractivity contribution < 1.29 is 87.9 Å². The second-order valence-electron chi connectivity index (χ2n) is 11.7. The maximum atomic E-state index is 12.7. The number of aromatic nitrogens is 2.